The molecular weight excluding hydrogens is 296 g/mol. The Morgan fingerprint density at radius 1 is 1.41 bits per heavy atom. The minimum absolute atomic E-state index is 0.122. The highest BCUT2D eigenvalue weighted by Crippen LogP contribution is 2.24. The number of rotatable bonds is 7. The number of hydrogen-bond donors (Lipinski definition) is 1. The maximum Gasteiger partial charge on any atom is 0.251 e. The summed E-state index contributed by atoms with van der Waals surface area (Å²) in [5.74, 6) is 1.64. The number of thioether (sulfide) groups is 1. The van der Waals surface area contributed by atoms with Gasteiger partial charge in [0.2, 0.25) is 0 Å². The molecule has 5 heteroatoms. The van der Waals surface area contributed by atoms with E-state index in [1.165, 1.54) is 17.8 Å². The van der Waals surface area contributed by atoms with E-state index >= 15 is 0 Å². The van der Waals surface area contributed by atoms with Crippen molar-refractivity contribution in [2.75, 3.05) is 12.4 Å². The van der Waals surface area contributed by atoms with E-state index in [1.54, 1.807) is 0 Å². The lowest BCUT2D eigenvalue weighted by Crippen LogP contribution is -2.09. The molecule has 1 aromatic carbocycles. The van der Waals surface area contributed by atoms with Crippen LogP contribution in [0.15, 0.2) is 46.9 Å². The number of ether oxygens (including phenoxy) is 1. The molecule has 0 aliphatic rings. The molecule has 1 heterocycles. The van der Waals surface area contributed by atoms with Gasteiger partial charge in [-0.05, 0) is 31.4 Å². The summed E-state index contributed by atoms with van der Waals surface area (Å²) in [6, 6.07) is 7.60. The van der Waals surface area contributed by atoms with Crippen LogP contribution >= 0.6 is 11.8 Å². The van der Waals surface area contributed by atoms with E-state index in [1.807, 2.05) is 32.1 Å². The summed E-state index contributed by atoms with van der Waals surface area (Å²) in [6.45, 7) is 8.18. The zero-order valence-electron chi connectivity index (χ0n) is 12.9. The van der Waals surface area contributed by atoms with Crippen molar-refractivity contribution < 1.29 is 4.74 Å². The van der Waals surface area contributed by atoms with Gasteiger partial charge < -0.3 is 9.72 Å². The fraction of sp³-hybridized carbons (Fsp3) is 0.294. The summed E-state index contributed by atoms with van der Waals surface area (Å²) in [5.41, 5.74) is 2.86. The SMILES string of the molecule is C=CCc1cccc(C)c1OCCSc1nc(C)cc(=O)[nH]1. The molecule has 0 spiro atoms. The fourth-order valence-electron chi connectivity index (χ4n) is 2.14. The van der Waals surface area contributed by atoms with Crippen molar-refractivity contribution in [3.63, 3.8) is 0 Å². The molecular formula is C17H20N2O2S. The molecule has 0 aliphatic heterocycles. The summed E-state index contributed by atoms with van der Waals surface area (Å²) < 4.78 is 5.91. The van der Waals surface area contributed by atoms with Crippen LogP contribution in [0.3, 0.4) is 0 Å². The molecule has 0 unspecified atom stereocenters. The molecule has 0 saturated heterocycles. The number of nitrogens with zero attached hydrogens (tertiary/aromatic N) is 1. The Bertz CT molecular complexity index is 710. The van der Waals surface area contributed by atoms with Crippen molar-refractivity contribution in [2.45, 2.75) is 25.4 Å². The lowest BCUT2D eigenvalue weighted by Gasteiger charge is -2.13. The highest BCUT2D eigenvalue weighted by Gasteiger charge is 2.06. The first kappa shape index (κ1) is 16.4. The lowest BCUT2D eigenvalue weighted by atomic mass is 10.1. The zero-order chi connectivity index (χ0) is 15.9. The maximum atomic E-state index is 11.4. The molecule has 0 bridgehead atoms. The van der Waals surface area contributed by atoms with Gasteiger partial charge in [-0.1, -0.05) is 36.0 Å². The van der Waals surface area contributed by atoms with Gasteiger partial charge in [-0.2, -0.15) is 0 Å². The van der Waals surface area contributed by atoms with Gasteiger partial charge >= 0.3 is 0 Å². The van der Waals surface area contributed by atoms with Crippen molar-refractivity contribution in [1.82, 2.24) is 9.97 Å². The largest absolute Gasteiger partial charge is 0.492 e. The molecule has 22 heavy (non-hydrogen) atoms. The van der Waals surface area contributed by atoms with E-state index in [4.69, 9.17) is 4.74 Å². The molecule has 2 aromatic rings. The van der Waals surface area contributed by atoms with E-state index in [0.29, 0.717) is 17.5 Å². The first-order valence-electron chi connectivity index (χ1n) is 7.13. The predicted molar refractivity (Wildman–Crippen MR) is 90.9 cm³/mol. The number of aryl methyl sites for hydroxylation is 2. The zero-order valence-corrected chi connectivity index (χ0v) is 13.7. The minimum atomic E-state index is -0.122. The summed E-state index contributed by atoms with van der Waals surface area (Å²) in [7, 11) is 0. The molecule has 0 fully saturated rings. The van der Waals surface area contributed by atoms with Crippen molar-refractivity contribution in [3.05, 3.63) is 64.1 Å². The number of benzene rings is 1. The second-order valence-electron chi connectivity index (χ2n) is 4.94. The van der Waals surface area contributed by atoms with E-state index in [-0.39, 0.29) is 5.56 Å². The van der Waals surface area contributed by atoms with Crippen LogP contribution in [0.2, 0.25) is 0 Å². The van der Waals surface area contributed by atoms with Crippen LogP contribution in [0.5, 0.6) is 5.75 Å². The van der Waals surface area contributed by atoms with Gasteiger partial charge in [-0.25, -0.2) is 4.98 Å². The molecule has 116 valence electrons. The summed E-state index contributed by atoms with van der Waals surface area (Å²) in [6.07, 6.45) is 2.66. The quantitative estimate of drug-likeness (QED) is 0.368. The molecule has 0 amide bonds. The second-order valence-corrected chi connectivity index (χ2v) is 6.03. The van der Waals surface area contributed by atoms with E-state index in [0.717, 1.165) is 29.0 Å². The third-order valence-electron chi connectivity index (χ3n) is 3.07. The third kappa shape index (κ3) is 4.49. The van der Waals surface area contributed by atoms with Crippen molar-refractivity contribution in [2.24, 2.45) is 0 Å². The lowest BCUT2D eigenvalue weighted by molar-refractivity contribution is 0.338. The first-order valence-corrected chi connectivity index (χ1v) is 8.11. The number of H-pyrrole nitrogens is 1. The fourth-order valence-corrected chi connectivity index (χ4v) is 2.88. The van der Waals surface area contributed by atoms with Crippen LogP contribution in [-0.4, -0.2) is 22.3 Å². The molecule has 1 aromatic heterocycles. The Hall–Kier alpha value is -2.01. The minimum Gasteiger partial charge on any atom is -0.492 e. The van der Waals surface area contributed by atoms with Crippen molar-refractivity contribution in [1.29, 1.82) is 0 Å². The van der Waals surface area contributed by atoms with E-state index in [9.17, 15) is 4.79 Å². The van der Waals surface area contributed by atoms with Gasteiger partial charge in [0.25, 0.3) is 5.56 Å². The van der Waals surface area contributed by atoms with E-state index in [2.05, 4.69) is 22.6 Å². The standard InChI is InChI=1S/C17H20N2O2S/c1-4-6-14-8-5-7-12(2)16(14)21-9-10-22-17-18-13(3)11-15(20)19-17/h4-5,7-8,11H,1,6,9-10H2,2-3H3,(H,18,19,20). The first-order chi connectivity index (χ1) is 10.6. The van der Waals surface area contributed by atoms with Crippen LogP contribution < -0.4 is 10.3 Å². The summed E-state index contributed by atoms with van der Waals surface area (Å²) in [4.78, 5) is 18.4. The Morgan fingerprint density at radius 2 is 2.23 bits per heavy atom. The van der Waals surface area contributed by atoms with Gasteiger partial charge in [0.05, 0.1) is 6.61 Å². The average Bonchev–Trinajstić information content (AvgIpc) is 2.45. The van der Waals surface area contributed by atoms with Crippen molar-refractivity contribution >= 4 is 11.8 Å². The van der Waals surface area contributed by atoms with Gasteiger partial charge in [-0.15, -0.1) is 6.58 Å². The van der Waals surface area contributed by atoms with Gasteiger partial charge in [0, 0.05) is 17.5 Å². The summed E-state index contributed by atoms with van der Waals surface area (Å²) >= 11 is 1.48. The molecule has 0 aliphatic carbocycles. The van der Waals surface area contributed by atoms with Crippen LogP contribution in [0.1, 0.15) is 16.8 Å². The Balaban J connectivity index is 1.94. The molecule has 1 N–H and O–H groups in total. The smallest absolute Gasteiger partial charge is 0.251 e. The number of aromatic nitrogens is 2. The molecule has 4 nitrogen and oxygen atoms in total. The highest BCUT2D eigenvalue weighted by molar-refractivity contribution is 7.99. The van der Waals surface area contributed by atoms with Crippen LogP contribution in [-0.2, 0) is 6.42 Å². The van der Waals surface area contributed by atoms with Crippen LogP contribution in [0, 0.1) is 13.8 Å². The highest BCUT2D eigenvalue weighted by atomic mass is 32.2. The molecule has 0 radical (unpaired) electrons. The number of aromatic amines is 1. The number of para-hydroxylation sites is 1. The topological polar surface area (TPSA) is 55.0 Å². The third-order valence-corrected chi connectivity index (χ3v) is 3.91. The maximum absolute atomic E-state index is 11.4. The second kappa shape index (κ2) is 7.84. The van der Waals surface area contributed by atoms with Crippen LogP contribution in [0.25, 0.3) is 0 Å². The predicted octanol–water partition coefficient (Wildman–Crippen LogP) is 3.29. The number of allylic oxidation sites excluding steroid dienone is 1. The molecule has 2 rings (SSSR count). The monoisotopic (exact) mass is 316 g/mol. The number of hydrogen-bond acceptors (Lipinski definition) is 4. The van der Waals surface area contributed by atoms with Gasteiger partial charge in [0.1, 0.15) is 5.75 Å². The Labute approximate surface area is 134 Å². The van der Waals surface area contributed by atoms with Crippen molar-refractivity contribution in [3.8, 4) is 5.75 Å². The van der Waals surface area contributed by atoms with Crippen LogP contribution in [0.4, 0.5) is 0 Å². The number of nitrogens with one attached hydrogen (secondary N) is 1. The Kier molecular flexibility index (Phi) is 5.83. The molecule has 0 atom stereocenters. The molecule has 0 saturated carbocycles. The Morgan fingerprint density at radius 3 is 2.95 bits per heavy atom. The average molecular weight is 316 g/mol. The summed E-state index contributed by atoms with van der Waals surface area (Å²) in [5, 5.41) is 0.629. The normalized spacial score (nSPS) is 10.5. The van der Waals surface area contributed by atoms with E-state index < -0.39 is 0 Å². The van der Waals surface area contributed by atoms with Gasteiger partial charge in [-0.3, -0.25) is 4.79 Å². The van der Waals surface area contributed by atoms with Gasteiger partial charge in [0.15, 0.2) is 5.16 Å².